The molecule has 0 aliphatic carbocycles. The molecule has 2 amide bonds. The van der Waals surface area contributed by atoms with Crippen molar-refractivity contribution in [2.24, 2.45) is 0 Å². The first-order valence-electron chi connectivity index (χ1n) is 3.92. The van der Waals surface area contributed by atoms with E-state index in [-0.39, 0.29) is 11.8 Å². The third-order valence-electron chi connectivity index (χ3n) is 1.69. The van der Waals surface area contributed by atoms with E-state index in [9.17, 15) is 9.59 Å². The van der Waals surface area contributed by atoms with E-state index in [4.69, 9.17) is 0 Å². The Morgan fingerprint density at radius 3 is 2.50 bits per heavy atom. The molecule has 5 heteroatoms. The predicted octanol–water partition coefficient (Wildman–Crippen LogP) is -1.84. The summed E-state index contributed by atoms with van der Waals surface area (Å²) in [4.78, 5) is 23.5. The van der Waals surface area contributed by atoms with Crippen LogP contribution in [0.25, 0.3) is 0 Å². The maximum atomic E-state index is 10.9. The molecule has 68 valence electrons. The molecule has 1 aliphatic rings. The van der Waals surface area contributed by atoms with Gasteiger partial charge in [-0.25, -0.2) is 0 Å². The van der Waals surface area contributed by atoms with Gasteiger partial charge in [0, 0.05) is 13.1 Å². The van der Waals surface area contributed by atoms with Crippen molar-refractivity contribution in [2.75, 3.05) is 33.2 Å². The zero-order valence-electron chi connectivity index (χ0n) is 7.09. The number of rotatable bonds is 3. The van der Waals surface area contributed by atoms with Gasteiger partial charge in [-0.1, -0.05) is 0 Å². The van der Waals surface area contributed by atoms with Crippen LogP contribution in [0.15, 0.2) is 0 Å². The topological polar surface area (TPSA) is 61.4 Å². The first-order valence-corrected chi connectivity index (χ1v) is 3.92. The summed E-state index contributed by atoms with van der Waals surface area (Å²) in [7, 11) is 1.84. The van der Waals surface area contributed by atoms with Crippen LogP contribution >= 0.6 is 0 Å². The highest BCUT2D eigenvalue weighted by Crippen LogP contribution is 1.92. The average molecular weight is 171 g/mol. The SMILES string of the molecule is CNCCN1CC(=O)NC(=O)C1. The number of hydrogen-bond donors (Lipinski definition) is 2. The molecule has 0 aromatic rings. The van der Waals surface area contributed by atoms with Crippen LogP contribution in [0, 0.1) is 0 Å². The second-order valence-corrected chi connectivity index (χ2v) is 2.79. The first kappa shape index (κ1) is 9.15. The van der Waals surface area contributed by atoms with E-state index in [1.165, 1.54) is 0 Å². The smallest absolute Gasteiger partial charge is 0.240 e. The molecule has 0 radical (unpaired) electrons. The molecule has 1 fully saturated rings. The minimum atomic E-state index is -0.206. The monoisotopic (exact) mass is 171 g/mol. The molecule has 5 nitrogen and oxygen atoms in total. The Kier molecular flexibility index (Phi) is 3.19. The normalized spacial score (nSPS) is 19.4. The molecule has 2 N–H and O–H groups in total. The van der Waals surface area contributed by atoms with E-state index in [1.54, 1.807) is 0 Å². The van der Waals surface area contributed by atoms with Gasteiger partial charge in [-0.05, 0) is 7.05 Å². The Hall–Kier alpha value is -0.940. The molecule has 12 heavy (non-hydrogen) atoms. The summed E-state index contributed by atoms with van der Waals surface area (Å²) in [6.45, 7) is 2.18. The van der Waals surface area contributed by atoms with Crippen molar-refractivity contribution in [2.45, 2.75) is 0 Å². The Bertz CT molecular complexity index is 177. The van der Waals surface area contributed by atoms with Gasteiger partial charge in [-0.15, -0.1) is 0 Å². The summed E-state index contributed by atoms with van der Waals surface area (Å²) < 4.78 is 0. The van der Waals surface area contributed by atoms with E-state index in [1.807, 2.05) is 11.9 Å². The minimum absolute atomic E-state index is 0.206. The highest BCUT2D eigenvalue weighted by atomic mass is 16.2. The van der Waals surface area contributed by atoms with Gasteiger partial charge in [0.05, 0.1) is 13.1 Å². The van der Waals surface area contributed by atoms with Gasteiger partial charge in [-0.2, -0.15) is 0 Å². The van der Waals surface area contributed by atoms with Crippen LogP contribution in [-0.4, -0.2) is 49.9 Å². The van der Waals surface area contributed by atoms with Crippen LogP contribution in [0.4, 0.5) is 0 Å². The number of nitrogens with zero attached hydrogens (tertiary/aromatic N) is 1. The molecule has 0 atom stereocenters. The Morgan fingerprint density at radius 2 is 2.00 bits per heavy atom. The average Bonchev–Trinajstić information content (AvgIpc) is 1.99. The van der Waals surface area contributed by atoms with E-state index >= 15 is 0 Å². The summed E-state index contributed by atoms with van der Waals surface area (Å²) in [5.74, 6) is -0.412. The van der Waals surface area contributed by atoms with Crippen LogP contribution in [0.3, 0.4) is 0 Å². The van der Waals surface area contributed by atoms with Gasteiger partial charge < -0.3 is 5.32 Å². The van der Waals surface area contributed by atoms with Crippen molar-refractivity contribution in [1.29, 1.82) is 0 Å². The van der Waals surface area contributed by atoms with Gasteiger partial charge in [0.15, 0.2) is 0 Å². The van der Waals surface area contributed by atoms with Crippen LogP contribution in [0.5, 0.6) is 0 Å². The predicted molar refractivity (Wildman–Crippen MR) is 43.5 cm³/mol. The maximum absolute atomic E-state index is 10.9. The van der Waals surface area contributed by atoms with Crippen LogP contribution in [0.1, 0.15) is 0 Å². The molecule has 0 spiro atoms. The molecular weight excluding hydrogens is 158 g/mol. The molecular formula is C7H13N3O2. The van der Waals surface area contributed by atoms with Gasteiger partial charge >= 0.3 is 0 Å². The third-order valence-corrected chi connectivity index (χ3v) is 1.69. The second-order valence-electron chi connectivity index (χ2n) is 2.79. The largest absolute Gasteiger partial charge is 0.318 e. The number of carbonyl (C=O) groups is 2. The number of hydrogen-bond acceptors (Lipinski definition) is 4. The molecule has 1 heterocycles. The fourth-order valence-electron chi connectivity index (χ4n) is 1.12. The van der Waals surface area contributed by atoms with Gasteiger partial charge in [-0.3, -0.25) is 19.8 Å². The fraction of sp³-hybridized carbons (Fsp3) is 0.714. The number of piperazine rings is 1. The Labute approximate surface area is 71.1 Å². The number of nitrogens with one attached hydrogen (secondary N) is 2. The Balaban J connectivity index is 2.34. The zero-order valence-corrected chi connectivity index (χ0v) is 7.09. The zero-order chi connectivity index (χ0) is 8.97. The van der Waals surface area contributed by atoms with E-state index in [2.05, 4.69) is 10.6 Å². The molecule has 1 saturated heterocycles. The lowest BCUT2D eigenvalue weighted by Gasteiger charge is -2.24. The van der Waals surface area contributed by atoms with E-state index in [0.717, 1.165) is 13.1 Å². The Morgan fingerprint density at radius 1 is 1.42 bits per heavy atom. The standard InChI is InChI=1S/C7H13N3O2/c1-8-2-3-10-4-6(11)9-7(12)5-10/h8H,2-5H2,1H3,(H,9,11,12). The molecule has 0 unspecified atom stereocenters. The summed E-state index contributed by atoms with van der Waals surface area (Å²) in [5, 5.41) is 5.21. The van der Waals surface area contributed by atoms with Gasteiger partial charge in [0.2, 0.25) is 11.8 Å². The summed E-state index contributed by atoms with van der Waals surface area (Å²) in [5.41, 5.74) is 0. The summed E-state index contributed by atoms with van der Waals surface area (Å²) in [6, 6.07) is 0. The molecule has 1 aliphatic heterocycles. The van der Waals surface area contributed by atoms with E-state index < -0.39 is 0 Å². The highest BCUT2D eigenvalue weighted by Gasteiger charge is 2.21. The summed E-state index contributed by atoms with van der Waals surface area (Å²) >= 11 is 0. The number of amides is 2. The van der Waals surface area contributed by atoms with Crippen molar-refractivity contribution in [1.82, 2.24) is 15.5 Å². The molecule has 0 aromatic heterocycles. The second kappa shape index (κ2) is 4.18. The number of carbonyl (C=O) groups excluding carboxylic acids is 2. The summed E-state index contributed by atoms with van der Waals surface area (Å²) in [6.07, 6.45) is 0. The van der Waals surface area contributed by atoms with Crippen molar-refractivity contribution >= 4 is 11.8 Å². The molecule has 0 aromatic carbocycles. The minimum Gasteiger partial charge on any atom is -0.318 e. The van der Waals surface area contributed by atoms with Crippen molar-refractivity contribution in [3.8, 4) is 0 Å². The van der Waals surface area contributed by atoms with Crippen LogP contribution in [-0.2, 0) is 9.59 Å². The lowest BCUT2D eigenvalue weighted by atomic mass is 10.3. The fourth-order valence-corrected chi connectivity index (χ4v) is 1.12. The van der Waals surface area contributed by atoms with Crippen molar-refractivity contribution in [3.05, 3.63) is 0 Å². The van der Waals surface area contributed by atoms with Crippen molar-refractivity contribution < 1.29 is 9.59 Å². The van der Waals surface area contributed by atoms with Gasteiger partial charge in [0.25, 0.3) is 0 Å². The number of imide groups is 1. The third kappa shape index (κ3) is 2.60. The molecule has 1 rings (SSSR count). The lowest BCUT2D eigenvalue weighted by molar-refractivity contribution is -0.135. The highest BCUT2D eigenvalue weighted by molar-refractivity contribution is 5.99. The van der Waals surface area contributed by atoms with Crippen LogP contribution < -0.4 is 10.6 Å². The first-order chi connectivity index (χ1) is 5.72. The quantitative estimate of drug-likeness (QED) is 0.490. The lowest BCUT2D eigenvalue weighted by Crippen LogP contribution is -2.52. The molecule has 0 bridgehead atoms. The molecule has 0 saturated carbocycles. The van der Waals surface area contributed by atoms with E-state index in [0.29, 0.717) is 13.1 Å². The van der Waals surface area contributed by atoms with Crippen molar-refractivity contribution in [3.63, 3.8) is 0 Å². The number of likely N-dealkylation sites (N-methyl/N-ethyl adjacent to an activating group) is 1. The maximum Gasteiger partial charge on any atom is 0.240 e. The van der Waals surface area contributed by atoms with Gasteiger partial charge in [0.1, 0.15) is 0 Å². The van der Waals surface area contributed by atoms with Crippen LogP contribution in [0.2, 0.25) is 0 Å².